The van der Waals surface area contributed by atoms with Crippen molar-refractivity contribution < 1.29 is 19.1 Å². The van der Waals surface area contributed by atoms with Crippen LogP contribution in [0.5, 0.6) is 0 Å². The fraction of sp³-hybridized carbons (Fsp3) is 0.467. The number of benzene rings is 1. The molecule has 3 aromatic rings. The summed E-state index contributed by atoms with van der Waals surface area (Å²) in [6, 6.07) is 6.80. The lowest BCUT2D eigenvalue weighted by Gasteiger charge is -2.28. The van der Waals surface area contributed by atoms with Crippen molar-refractivity contribution in [3.63, 3.8) is 0 Å². The number of nitrogens with zero attached hydrogens (tertiary/aromatic N) is 4. The molecule has 2 amide bonds. The van der Waals surface area contributed by atoms with Gasteiger partial charge in [0, 0.05) is 29.9 Å². The third-order valence-corrected chi connectivity index (χ3v) is 7.97. The summed E-state index contributed by atoms with van der Waals surface area (Å²) in [5.74, 6) is 0.192. The van der Waals surface area contributed by atoms with E-state index in [1.54, 1.807) is 0 Å². The largest absolute Gasteiger partial charge is 0.466 e. The Morgan fingerprint density at radius 3 is 2.59 bits per heavy atom. The van der Waals surface area contributed by atoms with E-state index in [-0.39, 0.29) is 18.0 Å². The van der Waals surface area contributed by atoms with E-state index in [0.717, 1.165) is 79.2 Å². The molecule has 216 valence electrons. The second-order valence-corrected chi connectivity index (χ2v) is 10.6. The highest BCUT2D eigenvalue weighted by Crippen LogP contribution is 2.37. The SMILES string of the molecule is CCCCNc1ncc2c(-c3ccc(C4NC(=O)NC(CC)=C4C(=O)OC)cc3)nn(C3CCC(C=O)CC3)c2n1. The number of allylic oxidation sites excluding steroid dienone is 1. The monoisotopic (exact) mass is 559 g/mol. The molecular formula is C30H37N7O4. The number of fused-ring (bicyclic) bond motifs is 1. The maximum Gasteiger partial charge on any atom is 0.337 e. The van der Waals surface area contributed by atoms with Crippen LogP contribution >= 0.6 is 0 Å². The molecule has 0 radical (unpaired) electrons. The molecule has 1 unspecified atom stereocenters. The van der Waals surface area contributed by atoms with Gasteiger partial charge in [0.05, 0.1) is 30.2 Å². The molecule has 5 rings (SSSR count). The zero-order valence-electron chi connectivity index (χ0n) is 23.8. The van der Waals surface area contributed by atoms with Crippen LogP contribution in [0.3, 0.4) is 0 Å². The van der Waals surface area contributed by atoms with Gasteiger partial charge in [0.2, 0.25) is 5.95 Å². The number of anilines is 1. The number of carbonyl (C=O) groups is 3. The molecule has 2 aliphatic rings. The Hall–Kier alpha value is -4.28. The van der Waals surface area contributed by atoms with E-state index in [1.165, 1.54) is 7.11 Å². The van der Waals surface area contributed by atoms with E-state index in [9.17, 15) is 14.4 Å². The number of aldehydes is 1. The summed E-state index contributed by atoms with van der Waals surface area (Å²) in [4.78, 5) is 45.8. The van der Waals surface area contributed by atoms with Gasteiger partial charge in [-0.15, -0.1) is 0 Å². The minimum Gasteiger partial charge on any atom is -0.466 e. The average molecular weight is 560 g/mol. The molecule has 0 bridgehead atoms. The Kier molecular flexibility index (Phi) is 8.61. The van der Waals surface area contributed by atoms with Crippen molar-refractivity contribution in [2.24, 2.45) is 5.92 Å². The summed E-state index contributed by atoms with van der Waals surface area (Å²) in [6.45, 7) is 4.82. The Labute approximate surface area is 239 Å². The van der Waals surface area contributed by atoms with Gasteiger partial charge in [-0.3, -0.25) is 0 Å². The van der Waals surface area contributed by atoms with Gasteiger partial charge in [0.1, 0.15) is 12.0 Å². The smallest absolute Gasteiger partial charge is 0.337 e. The number of aromatic nitrogens is 4. The number of ether oxygens (including phenoxy) is 1. The normalized spacial score (nSPS) is 20.9. The topological polar surface area (TPSA) is 140 Å². The van der Waals surface area contributed by atoms with Crippen LogP contribution < -0.4 is 16.0 Å². The van der Waals surface area contributed by atoms with Crippen LogP contribution in [-0.4, -0.2) is 51.7 Å². The number of hydrogen-bond donors (Lipinski definition) is 3. The van der Waals surface area contributed by atoms with Gasteiger partial charge in [-0.1, -0.05) is 44.5 Å². The molecule has 1 atom stereocenters. The standard InChI is InChI=1S/C30H37N7O4/c1-4-6-15-31-29-32-16-22-25(36-37(27(22)35-29)21-13-7-18(17-38)8-14-21)19-9-11-20(12-10-19)26-24(28(39)41-3)23(5-2)33-30(40)34-26/h9-12,16-18,21,26H,4-8,13-15H2,1-3H3,(H,31,32,35)(H2,33,34,40). The highest BCUT2D eigenvalue weighted by Gasteiger charge is 2.33. The summed E-state index contributed by atoms with van der Waals surface area (Å²) in [5.41, 5.74) is 4.08. The molecule has 3 heterocycles. The van der Waals surface area contributed by atoms with Gasteiger partial charge < -0.3 is 25.5 Å². The first-order chi connectivity index (χ1) is 20.0. The van der Waals surface area contributed by atoms with Gasteiger partial charge in [-0.05, 0) is 44.1 Å². The highest BCUT2D eigenvalue weighted by atomic mass is 16.5. The van der Waals surface area contributed by atoms with Crippen LogP contribution in [0.2, 0.25) is 0 Å². The second kappa shape index (κ2) is 12.5. The van der Waals surface area contributed by atoms with Gasteiger partial charge in [-0.25, -0.2) is 19.3 Å². The lowest BCUT2D eigenvalue weighted by Crippen LogP contribution is -2.45. The molecule has 11 heteroatoms. The highest BCUT2D eigenvalue weighted by molar-refractivity contribution is 5.95. The van der Waals surface area contributed by atoms with Crippen molar-refractivity contribution in [2.75, 3.05) is 19.0 Å². The van der Waals surface area contributed by atoms with Crippen molar-refractivity contribution in [3.05, 3.63) is 47.3 Å². The zero-order chi connectivity index (χ0) is 28.9. The van der Waals surface area contributed by atoms with Crippen molar-refractivity contribution in [3.8, 4) is 11.3 Å². The predicted molar refractivity (Wildman–Crippen MR) is 155 cm³/mol. The fourth-order valence-electron chi connectivity index (χ4n) is 5.67. The molecule has 0 spiro atoms. The first-order valence-corrected chi connectivity index (χ1v) is 14.4. The van der Waals surface area contributed by atoms with Crippen molar-refractivity contribution in [1.29, 1.82) is 0 Å². The van der Waals surface area contributed by atoms with Gasteiger partial charge in [0.15, 0.2) is 5.65 Å². The number of esters is 1. The van der Waals surface area contributed by atoms with Crippen molar-refractivity contribution in [1.82, 2.24) is 30.4 Å². The minimum absolute atomic E-state index is 0.105. The number of amides is 2. The van der Waals surface area contributed by atoms with E-state index in [2.05, 4.69) is 27.9 Å². The third kappa shape index (κ3) is 5.79. The molecule has 1 saturated carbocycles. The number of hydrogen-bond acceptors (Lipinski definition) is 8. The van der Waals surface area contributed by atoms with Gasteiger partial charge >= 0.3 is 12.0 Å². The molecule has 0 saturated heterocycles. The Morgan fingerprint density at radius 2 is 1.93 bits per heavy atom. The van der Waals surface area contributed by atoms with E-state index in [0.29, 0.717) is 23.6 Å². The summed E-state index contributed by atoms with van der Waals surface area (Å²) in [5, 5.41) is 14.8. The molecule has 1 aromatic carbocycles. The predicted octanol–water partition coefficient (Wildman–Crippen LogP) is 4.83. The van der Waals surface area contributed by atoms with Crippen LogP contribution in [0.25, 0.3) is 22.3 Å². The van der Waals surface area contributed by atoms with Crippen LogP contribution in [0, 0.1) is 5.92 Å². The molecule has 1 fully saturated rings. The number of unbranched alkanes of at least 4 members (excludes halogenated alkanes) is 1. The summed E-state index contributed by atoms with van der Waals surface area (Å²) >= 11 is 0. The lowest BCUT2D eigenvalue weighted by molar-refractivity contribution is -0.136. The fourth-order valence-corrected chi connectivity index (χ4v) is 5.67. The Morgan fingerprint density at radius 1 is 1.17 bits per heavy atom. The van der Waals surface area contributed by atoms with E-state index in [4.69, 9.17) is 14.8 Å². The number of nitrogens with one attached hydrogen (secondary N) is 3. The molecule has 1 aliphatic carbocycles. The van der Waals surface area contributed by atoms with Crippen molar-refractivity contribution >= 4 is 35.3 Å². The lowest BCUT2D eigenvalue weighted by atomic mass is 9.87. The first-order valence-electron chi connectivity index (χ1n) is 14.4. The Bertz CT molecular complexity index is 1460. The third-order valence-electron chi connectivity index (χ3n) is 7.97. The van der Waals surface area contributed by atoms with Crippen LogP contribution in [-0.2, 0) is 14.3 Å². The van der Waals surface area contributed by atoms with Crippen LogP contribution in [0.15, 0.2) is 41.7 Å². The molecule has 1 aliphatic heterocycles. The molecular weight excluding hydrogens is 522 g/mol. The molecule has 11 nitrogen and oxygen atoms in total. The average Bonchev–Trinajstić information content (AvgIpc) is 3.39. The maximum absolute atomic E-state index is 12.6. The van der Waals surface area contributed by atoms with Crippen LogP contribution in [0.1, 0.15) is 76.4 Å². The number of rotatable bonds is 10. The van der Waals surface area contributed by atoms with E-state index < -0.39 is 12.0 Å². The number of carbonyl (C=O) groups excluding carboxylic acids is 3. The maximum atomic E-state index is 12.6. The zero-order valence-corrected chi connectivity index (χ0v) is 23.8. The molecule has 2 aromatic heterocycles. The molecule has 41 heavy (non-hydrogen) atoms. The van der Waals surface area contributed by atoms with Gasteiger partial charge in [0.25, 0.3) is 0 Å². The van der Waals surface area contributed by atoms with E-state index in [1.807, 2.05) is 42.1 Å². The Balaban J connectivity index is 1.51. The van der Waals surface area contributed by atoms with E-state index >= 15 is 0 Å². The van der Waals surface area contributed by atoms with Crippen molar-refractivity contribution in [2.45, 2.75) is 70.9 Å². The quantitative estimate of drug-likeness (QED) is 0.182. The first kappa shape index (κ1) is 28.3. The summed E-state index contributed by atoms with van der Waals surface area (Å²) in [7, 11) is 1.33. The summed E-state index contributed by atoms with van der Waals surface area (Å²) < 4.78 is 7.03. The summed E-state index contributed by atoms with van der Waals surface area (Å²) in [6.07, 6.45) is 8.87. The second-order valence-electron chi connectivity index (χ2n) is 10.6. The molecule has 3 N–H and O–H groups in total. The van der Waals surface area contributed by atoms with Crippen LogP contribution in [0.4, 0.5) is 10.7 Å². The van der Waals surface area contributed by atoms with Gasteiger partial charge in [-0.2, -0.15) is 10.1 Å². The number of methoxy groups -OCH3 is 1. The number of urea groups is 1. The minimum atomic E-state index is -0.636.